The first-order valence-electron chi connectivity index (χ1n) is 7.68. The van der Waals surface area contributed by atoms with Crippen molar-refractivity contribution in [3.05, 3.63) is 78.6 Å². The van der Waals surface area contributed by atoms with Crippen molar-refractivity contribution >= 4 is 11.0 Å². The van der Waals surface area contributed by atoms with E-state index in [0.717, 1.165) is 37.4 Å². The number of nitrogens with zero attached hydrogens (tertiary/aromatic N) is 2. The molecule has 1 aromatic heterocycles. The summed E-state index contributed by atoms with van der Waals surface area (Å²) in [5.41, 5.74) is 3.57. The number of hydrogen-bond donors (Lipinski definition) is 1. The topological polar surface area (TPSA) is 29.9 Å². The van der Waals surface area contributed by atoms with Gasteiger partial charge in [-0.05, 0) is 30.7 Å². The fourth-order valence-electron chi connectivity index (χ4n) is 2.67. The first-order valence-corrected chi connectivity index (χ1v) is 7.68. The van der Waals surface area contributed by atoms with Crippen molar-refractivity contribution < 1.29 is 0 Å². The minimum Gasteiger partial charge on any atom is -0.323 e. The van der Waals surface area contributed by atoms with Crippen LogP contribution >= 0.6 is 0 Å². The van der Waals surface area contributed by atoms with Crippen LogP contribution in [-0.2, 0) is 19.5 Å². The SMILES string of the molecule is C=CCn1c(CNCCc2ccccc2)nc2ccccc21. The van der Waals surface area contributed by atoms with Crippen LogP contribution in [0.2, 0.25) is 0 Å². The molecule has 0 spiro atoms. The molecule has 0 amide bonds. The number of aromatic nitrogens is 2. The third-order valence-electron chi connectivity index (χ3n) is 3.76. The van der Waals surface area contributed by atoms with Gasteiger partial charge in [0, 0.05) is 6.54 Å². The molecule has 0 radical (unpaired) electrons. The van der Waals surface area contributed by atoms with E-state index in [1.54, 1.807) is 0 Å². The molecule has 0 aliphatic heterocycles. The highest BCUT2D eigenvalue weighted by Gasteiger charge is 2.08. The minimum absolute atomic E-state index is 0.773. The Hall–Kier alpha value is -2.39. The molecule has 0 unspecified atom stereocenters. The van der Waals surface area contributed by atoms with Gasteiger partial charge in [-0.3, -0.25) is 0 Å². The Morgan fingerprint density at radius 2 is 1.82 bits per heavy atom. The maximum atomic E-state index is 4.73. The number of allylic oxidation sites excluding steroid dienone is 1. The number of para-hydroxylation sites is 2. The second-order valence-corrected chi connectivity index (χ2v) is 5.33. The lowest BCUT2D eigenvalue weighted by Crippen LogP contribution is -2.19. The molecule has 3 aromatic rings. The number of nitrogens with one attached hydrogen (secondary N) is 1. The lowest BCUT2D eigenvalue weighted by molar-refractivity contribution is 0.631. The second-order valence-electron chi connectivity index (χ2n) is 5.33. The fraction of sp³-hybridized carbons (Fsp3) is 0.211. The molecule has 3 rings (SSSR count). The average Bonchev–Trinajstić information content (AvgIpc) is 2.91. The van der Waals surface area contributed by atoms with E-state index in [2.05, 4.69) is 65.0 Å². The highest BCUT2D eigenvalue weighted by molar-refractivity contribution is 5.75. The van der Waals surface area contributed by atoms with Gasteiger partial charge in [-0.2, -0.15) is 0 Å². The Kier molecular flexibility index (Phi) is 4.66. The molecule has 0 aliphatic carbocycles. The largest absolute Gasteiger partial charge is 0.323 e. The summed E-state index contributed by atoms with van der Waals surface area (Å²) in [6.45, 7) is 6.36. The molecule has 0 bridgehead atoms. The van der Waals surface area contributed by atoms with Gasteiger partial charge < -0.3 is 9.88 Å². The van der Waals surface area contributed by atoms with Gasteiger partial charge in [0.25, 0.3) is 0 Å². The molecular formula is C19H21N3. The number of benzene rings is 2. The highest BCUT2D eigenvalue weighted by atomic mass is 15.1. The number of rotatable bonds is 7. The van der Waals surface area contributed by atoms with Crippen LogP contribution in [0.25, 0.3) is 11.0 Å². The minimum atomic E-state index is 0.773. The molecule has 1 heterocycles. The predicted octanol–water partition coefficient (Wildman–Crippen LogP) is 3.55. The quantitative estimate of drug-likeness (QED) is 0.533. The molecule has 0 aliphatic rings. The molecule has 1 N–H and O–H groups in total. The van der Waals surface area contributed by atoms with Crippen LogP contribution in [0.5, 0.6) is 0 Å². The standard InChI is InChI=1S/C19H21N3/c1-2-14-22-18-11-7-6-10-17(18)21-19(22)15-20-13-12-16-8-4-3-5-9-16/h2-11,20H,1,12-15H2. The first kappa shape index (κ1) is 14.5. The van der Waals surface area contributed by atoms with E-state index >= 15 is 0 Å². The summed E-state index contributed by atoms with van der Waals surface area (Å²) >= 11 is 0. The monoisotopic (exact) mass is 291 g/mol. The van der Waals surface area contributed by atoms with E-state index in [1.807, 2.05) is 12.1 Å². The number of fused-ring (bicyclic) bond motifs is 1. The van der Waals surface area contributed by atoms with E-state index in [-0.39, 0.29) is 0 Å². The third kappa shape index (κ3) is 3.26. The smallest absolute Gasteiger partial charge is 0.124 e. The second kappa shape index (κ2) is 7.05. The van der Waals surface area contributed by atoms with E-state index < -0.39 is 0 Å². The molecule has 3 nitrogen and oxygen atoms in total. The zero-order chi connectivity index (χ0) is 15.2. The van der Waals surface area contributed by atoms with Crippen molar-refractivity contribution in [2.24, 2.45) is 0 Å². The van der Waals surface area contributed by atoms with Gasteiger partial charge in [0.1, 0.15) is 5.82 Å². The summed E-state index contributed by atoms with van der Waals surface area (Å²) in [6, 6.07) is 18.8. The van der Waals surface area contributed by atoms with Gasteiger partial charge in [-0.15, -0.1) is 6.58 Å². The Labute approximate surface area is 131 Å². The molecule has 112 valence electrons. The normalized spacial score (nSPS) is 10.9. The molecule has 22 heavy (non-hydrogen) atoms. The van der Waals surface area contributed by atoms with Crippen LogP contribution in [0.1, 0.15) is 11.4 Å². The highest BCUT2D eigenvalue weighted by Crippen LogP contribution is 2.16. The molecule has 0 saturated carbocycles. The van der Waals surface area contributed by atoms with E-state index in [1.165, 1.54) is 11.1 Å². The van der Waals surface area contributed by atoms with Gasteiger partial charge in [-0.25, -0.2) is 4.98 Å². The zero-order valence-electron chi connectivity index (χ0n) is 12.7. The summed E-state index contributed by atoms with van der Waals surface area (Å²) in [6.07, 6.45) is 2.95. The Morgan fingerprint density at radius 3 is 2.64 bits per heavy atom. The Balaban J connectivity index is 1.65. The fourth-order valence-corrected chi connectivity index (χ4v) is 2.67. The Bertz CT molecular complexity index is 744. The van der Waals surface area contributed by atoms with Crippen LogP contribution in [0.3, 0.4) is 0 Å². The van der Waals surface area contributed by atoms with Crippen molar-refractivity contribution in [1.29, 1.82) is 0 Å². The van der Waals surface area contributed by atoms with Gasteiger partial charge in [0.15, 0.2) is 0 Å². The van der Waals surface area contributed by atoms with E-state index in [0.29, 0.717) is 0 Å². The maximum absolute atomic E-state index is 4.73. The summed E-state index contributed by atoms with van der Waals surface area (Å²) in [7, 11) is 0. The van der Waals surface area contributed by atoms with Crippen LogP contribution in [0.4, 0.5) is 0 Å². The van der Waals surface area contributed by atoms with Gasteiger partial charge in [0.05, 0.1) is 17.6 Å². The number of hydrogen-bond acceptors (Lipinski definition) is 2. The summed E-state index contributed by atoms with van der Waals surface area (Å²) in [5.74, 6) is 1.06. The Morgan fingerprint density at radius 1 is 1.05 bits per heavy atom. The molecule has 3 heteroatoms. The van der Waals surface area contributed by atoms with E-state index in [4.69, 9.17) is 4.98 Å². The summed E-state index contributed by atoms with van der Waals surface area (Å²) in [5, 5.41) is 3.49. The molecule has 0 fully saturated rings. The third-order valence-corrected chi connectivity index (χ3v) is 3.76. The molecule has 0 atom stereocenters. The van der Waals surface area contributed by atoms with Crippen molar-refractivity contribution in [3.8, 4) is 0 Å². The van der Waals surface area contributed by atoms with E-state index in [9.17, 15) is 0 Å². The predicted molar refractivity (Wildman–Crippen MR) is 91.8 cm³/mol. The van der Waals surface area contributed by atoms with Gasteiger partial charge in [-0.1, -0.05) is 48.5 Å². The average molecular weight is 291 g/mol. The van der Waals surface area contributed by atoms with Crippen molar-refractivity contribution in [2.45, 2.75) is 19.5 Å². The molecule has 2 aromatic carbocycles. The number of imidazole rings is 1. The molecule has 0 saturated heterocycles. The van der Waals surface area contributed by atoms with Crippen molar-refractivity contribution in [1.82, 2.24) is 14.9 Å². The van der Waals surface area contributed by atoms with Crippen LogP contribution in [0.15, 0.2) is 67.3 Å². The maximum Gasteiger partial charge on any atom is 0.124 e. The lowest BCUT2D eigenvalue weighted by atomic mass is 10.1. The molecular weight excluding hydrogens is 270 g/mol. The lowest BCUT2D eigenvalue weighted by Gasteiger charge is -2.08. The van der Waals surface area contributed by atoms with Crippen LogP contribution in [-0.4, -0.2) is 16.1 Å². The van der Waals surface area contributed by atoms with Crippen molar-refractivity contribution in [3.63, 3.8) is 0 Å². The summed E-state index contributed by atoms with van der Waals surface area (Å²) in [4.78, 5) is 4.73. The van der Waals surface area contributed by atoms with Gasteiger partial charge in [0.2, 0.25) is 0 Å². The summed E-state index contributed by atoms with van der Waals surface area (Å²) < 4.78 is 2.22. The van der Waals surface area contributed by atoms with Crippen LogP contribution in [0, 0.1) is 0 Å². The zero-order valence-corrected chi connectivity index (χ0v) is 12.7. The van der Waals surface area contributed by atoms with Gasteiger partial charge >= 0.3 is 0 Å². The first-order chi connectivity index (χ1) is 10.9. The van der Waals surface area contributed by atoms with Crippen LogP contribution < -0.4 is 5.32 Å². The van der Waals surface area contributed by atoms with Crippen molar-refractivity contribution in [2.75, 3.05) is 6.54 Å².